The highest BCUT2D eigenvalue weighted by atomic mass is 15.1. The zero-order valence-corrected chi connectivity index (χ0v) is 7.53. The van der Waals surface area contributed by atoms with Gasteiger partial charge in [0.1, 0.15) is 0 Å². The summed E-state index contributed by atoms with van der Waals surface area (Å²) in [5.41, 5.74) is 1.58. The first-order chi connectivity index (χ1) is 6.41. The summed E-state index contributed by atoms with van der Waals surface area (Å²) in [7, 11) is 0. The van der Waals surface area contributed by atoms with Crippen molar-refractivity contribution in [1.29, 1.82) is 0 Å². The van der Waals surface area contributed by atoms with Gasteiger partial charge in [-0.25, -0.2) is 0 Å². The molecule has 1 saturated carbocycles. The van der Waals surface area contributed by atoms with Crippen molar-refractivity contribution in [2.45, 2.75) is 30.7 Å². The molecule has 0 aromatic carbocycles. The summed E-state index contributed by atoms with van der Waals surface area (Å²) in [6, 6.07) is 4.08. The standard InChI is InChI=1S/C10H13N3/c1-2-9(13-12-6-1)8-3-7-11-10(8)4-5-10/h1-2,6,8,11H,3-5,7H2. The molecule has 13 heavy (non-hydrogen) atoms. The van der Waals surface area contributed by atoms with Crippen molar-refractivity contribution >= 4 is 0 Å². The Morgan fingerprint density at radius 1 is 1.46 bits per heavy atom. The molecule has 1 N–H and O–H groups in total. The van der Waals surface area contributed by atoms with Crippen LogP contribution in [0.25, 0.3) is 0 Å². The quantitative estimate of drug-likeness (QED) is 0.694. The Kier molecular flexibility index (Phi) is 1.44. The van der Waals surface area contributed by atoms with E-state index < -0.39 is 0 Å². The van der Waals surface area contributed by atoms with E-state index in [1.54, 1.807) is 6.20 Å². The molecule has 3 heteroatoms. The molecular weight excluding hydrogens is 162 g/mol. The molecule has 3 nitrogen and oxygen atoms in total. The molecular formula is C10H13N3. The normalized spacial score (nSPS) is 29.4. The molecule has 1 unspecified atom stereocenters. The number of aromatic nitrogens is 2. The molecule has 0 bridgehead atoms. The topological polar surface area (TPSA) is 37.8 Å². The van der Waals surface area contributed by atoms with Crippen LogP contribution in [0.3, 0.4) is 0 Å². The van der Waals surface area contributed by atoms with Gasteiger partial charge >= 0.3 is 0 Å². The van der Waals surface area contributed by atoms with Crippen molar-refractivity contribution in [3.63, 3.8) is 0 Å². The van der Waals surface area contributed by atoms with Crippen LogP contribution in [0.4, 0.5) is 0 Å². The third kappa shape index (κ3) is 1.07. The van der Waals surface area contributed by atoms with E-state index >= 15 is 0 Å². The Hall–Kier alpha value is -0.960. The van der Waals surface area contributed by atoms with Gasteiger partial charge in [0.15, 0.2) is 0 Å². The molecule has 1 atom stereocenters. The lowest BCUT2D eigenvalue weighted by Gasteiger charge is -2.16. The van der Waals surface area contributed by atoms with E-state index in [9.17, 15) is 0 Å². The maximum atomic E-state index is 4.21. The van der Waals surface area contributed by atoms with Crippen LogP contribution in [-0.2, 0) is 0 Å². The fraction of sp³-hybridized carbons (Fsp3) is 0.600. The van der Waals surface area contributed by atoms with E-state index in [2.05, 4.69) is 21.6 Å². The van der Waals surface area contributed by atoms with Gasteiger partial charge < -0.3 is 5.32 Å². The summed E-state index contributed by atoms with van der Waals surface area (Å²) in [6.45, 7) is 1.14. The highest BCUT2D eigenvalue weighted by Gasteiger charge is 2.53. The summed E-state index contributed by atoms with van der Waals surface area (Å²) >= 11 is 0. The molecule has 1 saturated heterocycles. The smallest absolute Gasteiger partial charge is 0.0680 e. The number of hydrogen-bond donors (Lipinski definition) is 1. The maximum absolute atomic E-state index is 4.21. The maximum Gasteiger partial charge on any atom is 0.0680 e. The third-order valence-electron chi connectivity index (χ3n) is 3.32. The summed E-state index contributed by atoms with van der Waals surface area (Å²) in [6.07, 6.45) is 5.59. The summed E-state index contributed by atoms with van der Waals surface area (Å²) in [4.78, 5) is 0. The number of rotatable bonds is 1. The minimum absolute atomic E-state index is 0.413. The minimum atomic E-state index is 0.413. The fourth-order valence-corrected chi connectivity index (χ4v) is 2.46. The Bertz CT molecular complexity index is 305. The van der Waals surface area contributed by atoms with Gasteiger partial charge in [0, 0.05) is 17.7 Å². The van der Waals surface area contributed by atoms with Crippen LogP contribution in [0, 0.1) is 0 Å². The van der Waals surface area contributed by atoms with Crippen LogP contribution < -0.4 is 5.32 Å². The first-order valence-corrected chi connectivity index (χ1v) is 4.93. The van der Waals surface area contributed by atoms with Crippen molar-refractivity contribution in [2.24, 2.45) is 0 Å². The van der Waals surface area contributed by atoms with Crippen LogP contribution in [0.2, 0.25) is 0 Å². The monoisotopic (exact) mass is 175 g/mol. The van der Waals surface area contributed by atoms with Crippen molar-refractivity contribution in [3.05, 3.63) is 24.0 Å². The van der Waals surface area contributed by atoms with Crippen molar-refractivity contribution < 1.29 is 0 Å². The van der Waals surface area contributed by atoms with Gasteiger partial charge in [-0.15, -0.1) is 0 Å². The molecule has 1 aliphatic heterocycles. The molecule has 3 rings (SSSR count). The minimum Gasteiger partial charge on any atom is -0.311 e. The lowest BCUT2D eigenvalue weighted by Crippen LogP contribution is -2.28. The molecule has 2 aliphatic rings. The Labute approximate surface area is 77.6 Å². The van der Waals surface area contributed by atoms with Gasteiger partial charge in [0.05, 0.1) is 5.69 Å². The highest BCUT2D eigenvalue weighted by molar-refractivity contribution is 5.24. The van der Waals surface area contributed by atoms with E-state index in [4.69, 9.17) is 0 Å². The first-order valence-electron chi connectivity index (χ1n) is 4.93. The van der Waals surface area contributed by atoms with Crippen LogP contribution in [0.15, 0.2) is 18.3 Å². The molecule has 2 fully saturated rings. The van der Waals surface area contributed by atoms with Gasteiger partial charge in [0.25, 0.3) is 0 Å². The second-order valence-corrected chi connectivity index (χ2v) is 4.07. The molecule has 0 amide bonds. The van der Waals surface area contributed by atoms with Crippen LogP contribution in [0.1, 0.15) is 30.9 Å². The van der Waals surface area contributed by atoms with E-state index in [-0.39, 0.29) is 0 Å². The SMILES string of the molecule is c1cnnc(C2CCNC23CC3)c1. The molecule has 1 spiro atoms. The third-order valence-corrected chi connectivity index (χ3v) is 3.32. The highest BCUT2D eigenvalue weighted by Crippen LogP contribution is 2.51. The number of nitrogens with one attached hydrogen (secondary N) is 1. The summed E-state index contributed by atoms with van der Waals surface area (Å²) in [5.74, 6) is 0.612. The molecule has 2 heterocycles. The molecule has 1 aromatic rings. The van der Waals surface area contributed by atoms with Crippen LogP contribution in [0.5, 0.6) is 0 Å². The van der Waals surface area contributed by atoms with Gasteiger partial charge in [-0.1, -0.05) is 0 Å². The average Bonchev–Trinajstić information content (AvgIpc) is 2.80. The molecule has 0 radical (unpaired) electrons. The Balaban J connectivity index is 1.93. The first kappa shape index (κ1) is 7.44. The van der Waals surface area contributed by atoms with Gasteiger partial charge in [-0.2, -0.15) is 10.2 Å². The number of nitrogens with zero attached hydrogens (tertiary/aromatic N) is 2. The van der Waals surface area contributed by atoms with Crippen LogP contribution >= 0.6 is 0 Å². The van der Waals surface area contributed by atoms with E-state index in [0.29, 0.717) is 11.5 Å². The van der Waals surface area contributed by atoms with Gasteiger partial charge in [-0.05, 0) is 37.9 Å². The van der Waals surface area contributed by atoms with E-state index in [0.717, 1.165) is 6.54 Å². The summed E-state index contributed by atoms with van der Waals surface area (Å²) in [5, 5.41) is 11.7. The zero-order chi connectivity index (χ0) is 8.73. The van der Waals surface area contributed by atoms with Crippen molar-refractivity contribution in [3.8, 4) is 0 Å². The van der Waals surface area contributed by atoms with Gasteiger partial charge in [0.2, 0.25) is 0 Å². The fourth-order valence-electron chi connectivity index (χ4n) is 2.46. The molecule has 1 aliphatic carbocycles. The lowest BCUT2D eigenvalue weighted by atomic mass is 9.94. The largest absolute Gasteiger partial charge is 0.311 e. The summed E-state index contributed by atoms with van der Waals surface area (Å²) < 4.78 is 0. The van der Waals surface area contributed by atoms with Crippen molar-refractivity contribution in [2.75, 3.05) is 6.54 Å². The second-order valence-electron chi connectivity index (χ2n) is 4.07. The predicted octanol–water partition coefficient (Wildman–Crippen LogP) is 1.09. The Morgan fingerprint density at radius 2 is 2.38 bits per heavy atom. The predicted molar refractivity (Wildman–Crippen MR) is 49.4 cm³/mol. The zero-order valence-electron chi connectivity index (χ0n) is 7.53. The van der Waals surface area contributed by atoms with Gasteiger partial charge in [-0.3, -0.25) is 0 Å². The molecule has 68 valence electrons. The Morgan fingerprint density at radius 3 is 3.08 bits per heavy atom. The van der Waals surface area contributed by atoms with Crippen molar-refractivity contribution in [1.82, 2.24) is 15.5 Å². The van der Waals surface area contributed by atoms with Crippen LogP contribution in [-0.4, -0.2) is 22.3 Å². The second kappa shape index (κ2) is 2.51. The van der Waals surface area contributed by atoms with E-state index in [1.165, 1.54) is 25.0 Å². The lowest BCUT2D eigenvalue weighted by molar-refractivity contribution is 0.521. The number of hydrogen-bond acceptors (Lipinski definition) is 3. The average molecular weight is 175 g/mol. The molecule has 1 aromatic heterocycles. The van der Waals surface area contributed by atoms with E-state index in [1.807, 2.05) is 6.07 Å².